The summed E-state index contributed by atoms with van der Waals surface area (Å²) in [6.45, 7) is 9.61. The molecule has 5 nitrogen and oxygen atoms in total. The van der Waals surface area contributed by atoms with Gasteiger partial charge in [-0.3, -0.25) is 0 Å². The van der Waals surface area contributed by atoms with Gasteiger partial charge < -0.3 is 9.47 Å². The van der Waals surface area contributed by atoms with E-state index < -0.39 is 0 Å². The number of nitrogens with one attached hydrogen (secondary N) is 1. The monoisotopic (exact) mass is 386 g/mol. The van der Waals surface area contributed by atoms with Crippen molar-refractivity contribution < 1.29 is 4.90 Å². The number of benzene rings is 1. The van der Waals surface area contributed by atoms with E-state index in [1.807, 2.05) is 33.6 Å². The number of rotatable bonds is 5. The molecule has 0 bridgehead atoms. The summed E-state index contributed by atoms with van der Waals surface area (Å²) >= 11 is 7.45. The highest BCUT2D eigenvalue weighted by Gasteiger charge is 2.27. The van der Waals surface area contributed by atoms with Gasteiger partial charge in [0.05, 0.1) is 29.2 Å². The zero-order chi connectivity index (χ0) is 18.1. The van der Waals surface area contributed by atoms with Crippen molar-refractivity contribution in [2.24, 2.45) is 0 Å². The first-order valence-corrected chi connectivity index (χ1v) is 10.3. The van der Waals surface area contributed by atoms with Crippen molar-refractivity contribution in [3.63, 3.8) is 0 Å². The Morgan fingerprint density at radius 1 is 1.42 bits per heavy atom. The molecule has 1 N–H and O–H groups in total. The van der Waals surface area contributed by atoms with E-state index in [0.717, 1.165) is 35.9 Å². The summed E-state index contributed by atoms with van der Waals surface area (Å²) in [5, 5.41) is 5.93. The molecule has 1 aromatic carbocycles. The lowest BCUT2D eigenvalue weighted by molar-refractivity contribution is -0.929. The number of likely N-dealkylation sites (tertiary alicyclic amines) is 1. The van der Waals surface area contributed by atoms with E-state index in [-0.39, 0.29) is 0 Å². The number of fused-ring (bicyclic) bond motifs is 1. The number of nitrogens with zero attached hydrogens (tertiary/aromatic N) is 4. The second-order valence-electron chi connectivity index (χ2n) is 6.95. The van der Waals surface area contributed by atoms with Gasteiger partial charge in [-0.05, 0) is 44.1 Å². The lowest BCUT2D eigenvalue weighted by Crippen LogP contribution is -3.12. The highest BCUT2D eigenvalue weighted by molar-refractivity contribution is 7.71. The largest absolute Gasteiger partial charge is 0.316 e. The Bertz CT molecular complexity index is 950. The number of hydrogen-bond acceptors (Lipinski definition) is 4. The van der Waals surface area contributed by atoms with Crippen molar-refractivity contribution in [2.75, 3.05) is 13.1 Å². The van der Waals surface area contributed by atoms with Crippen LogP contribution in [0.25, 0.3) is 10.2 Å². The molecule has 26 heavy (non-hydrogen) atoms. The fourth-order valence-corrected chi connectivity index (χ4v) is 5.19. The third-order valence-electron chi connectivity index (χ3n) is 5.07. The average Bonchev–Trinajstić information content (AvgIpc) is 3.19. The van der Waals surface area contributed by atoms with E-state index >= 15 is 0 Å². The molecule has 4 rings (SSSR count). The van der Waals surface area contributed by atoms with Crippen molar-refractivity contribution in [2.45, 2.75) is 38.9 Å². The minimum Gasteiger partial charge on any atom is -0.316 e. The topological polar surface area (TPSA) is 40.1 Å². The van der Waals surface area contributed by atoms with Crippen molar-refractivity contribution in [1.82, 2.24) is 19.3 Å². The van der Waals surface area contributed by atoms with Crippen LogP contribution in [0.5, 0.6) is 0 Å². The van der Waals surface area contributed by atoms with Crippen molar-refractivity contribution in [3.05, 3.63) is 52.5 Å². The summed E-state index contributed by atoms with van der Waals surface area (Å²) in [5.74, 6) is 1.48. The summed E-state index contributed by atoms with van der Waals surface area (Å²) in [6.07, 6.45) is 4.31. The van der Waals surface area contributed by atoms with Gasteiger partial charge in [0.25, 0.3) is 0 Å². The molecule has 0 aliphatic carbocycles. The van der Waals surface area contributed by atoms with Gasteiger partial charge in [0.1, 0.15) is 10.8 Å². The molecule has 3 aromatic rings. The smallest absolute Gasteiger partial charge is 0.203 e. The van der Waals surface area contributed by atoms with E-state index in [4.69, 9.17) is 17.2 Å². The molecule has 1 aliphatic rings. The summed E-state index contributed by atoms with van der Waals surface area (Å²) in [4.78, 5) is 6.41. The molecule has 0 saturated carbocycles. The van der Waals surface area contributed by atoms with Crippen LogP contribution in [0.15, 0.2) is 36.9 Å². The van der Waals surface area contributed by atoms with Crippen LogP contribution in [-0.2, 0) is 13.2 Å². The molecular formula is C19H24N5S2+. The van der Waals surface area contributed by atoms with Crippen LogP contribution in [0, 0.1) is 11.7 Å². The molecule has 0 amide bonds. The SMILES string of the molecule is C=CCn1c(C)nn(C[NH+]2CCC[C@H](c3nc4ccccc4s3)C2)c1=S. The predicted molar refractivity (Wildman–Crippen MR) is 108 cm³/mol. The fourth-order valence-electron chi connectivity index (χ4n) is 3.77. The molecule has 1 saturated heterocycles. The Balaban J connectivity index is 1.51. The lowest BCUT2D eigenvalue weighted by Gasteiger charge is -2.28. The predicted octanol–water partition coefficient (Wildman–Crippen LogP) is 2.94. The van der Waals surface area contributed by atoms with Crippen LogP contribution in [0.2, 0.25) is 0 Å². The highest BCUT2D eigenvalue weighted by Crippen LogP contribution is 2.30. The third-order valence-corrected chi connectivity index (χ3v) is 6.70. The number of quaternary nitrogens is 1. The summed E-state index contributed by atoms with van der Waals surface area (Å²) in [5.41, 5.74) is 1.13. The fraction of sp³-hybridized carbons (Fsp3) is 0.421. The highest BCUT2D eigenvalue weighted by atomic mass is 32.1. The molecule has 136 valence electrons. The first-order chi connectivity index (χ1) is 12.7. The first-order valence-electron chi connectivity index (χ1n) is 9.10. The molecule has 0 spiro atoms. The maximum Gasteiger partial charge on any atom is 0.203 e. The minimum absolute atomic E-state index is 0.529. The number of para-hydroxylation sites is 1. The van der Waals surface area contributed by atoms with Crippen molar-refractivity contribution >= 4 is 33.8 Å². The van der Waals surface area contributed by atoms with Crippen LogP contribution in [-0.4, -0.2) is 32.4 Å². The quantitative estimate of drug-likeness (QED) is 0.541. The van der Waals surface area contributed by atoms with Gasteiger partial charge in [-0.2, -0.15) is 9.78 Å². The Morgan fingerprint density at radius 3 is 3.08 bits per heavy atom. The maximum absolute atomic E-state index is 5.61. The molecule has 2 atom stereocenters. The van der Waals surface area contributed by atoms with E-state index in [2.05, 4.69) is 35.9 Å². The summed E-state index contributed by atoms with van der Waals surface area (Å²) < 4.78 is 6.09. The Kier molecular flexibility index (Phi) is 5.02. The molecular weight excluding hydrogens is 362 g/mol. The number of aromatic nitrogens is 4. The molecule has 2 aromatic heterocycles. The molecule has 1 aliphatic heterocycles. The van der Waals surface area contributed by atoms with E-state index in [1.165, 1.54) is 27.4 Å². The number of thiazole rings is 1. The van der Waals surface area contributed by atoms with Crippen LogP contribution in [0.1, 0.15) is 29.6 Å². The minimum atomic E-state index is 0.529. The van der Waals surface area contributed by atoms with Crippen LogP contribution >= 0.6 is 23.6 Å². The Labute approximate surface area is 162 Å². The van der Waals surface area contributed by atoms with Gasteiger partial charge >= 0.3 is 0 Å². The molecule has 1 unspecified atom stereocenters. The van der Waals surface area contributed by atoms with Crippen molar-refractivity contribution in [1.29, 1.82) is 0 Å². The summed E-state index contributed by atoms with van der Waals surface area (Å²) in [6, 6.07) is 8.43. The van der Waals surface area contributed by atoms with E-state index in [1.54, 1.807) is 0 Å². The van der Waals surface area contributed by atoms with Gasteiger partial charge in [-0.15, -0.1) is 17.9 Å². The Morgan fingerprint density at radius 2 is 2.27 bits per heavy atom. The zero-order valence-corrected chi connectivity index (χ0v) is 16.7. The average molecular weight is 387 g/mol. The van der Waals surface area contributed by atoms with Crippen LogP contribution in [0.4, 0.5) is 0 Å². The van der Waals surface area contributed by atoms with Gasteiger partial charge in [-0.1, -0.05) is 18.2 Å². The molecule has 0 radical (unpaired) electrons. The van der Waals surface area contributed by atoms with Gasteiger partial charge in [0, 0.05) is 6.54 Å². The second-order valence-corrected chi connectivity index (χ2v) is 8.38. The van der Waals surface area contributed by atoms with Crippen molar-refractivity contribution in [3.8, 4) is 0 Å². The first kappa shape index (κ1) is 17.6. The van der Waals surface area contributed by atoms with Crippen LogP contribution in [0.3, 0.4) is 0 Å². The number of aryl methyl sites for hydroxylation is 1. The third kappa shape index (κ3) is 3.39. The molecule has 3 heterocycles. The normalized spacial score (nSPS) is 20.5. The second kappa shape index (κ2) is 7.42. The lowest BCUT2D eigenvalue weighted by atomic mass is 9.99. The summed E-state index contributed by atoms with van der Waals surface area (Å²) in [7, 11) is 0. The van der Waals surface area contributed by atoms with Gasteiger partial charge in [0.2, 0.25) is 4.77 Å². The number of piperidine rings is 1. The molecule has 7 heteroatoms. The van der Waals surface area contributed by atoms with Crippen LogP contribution < -0.4 is 4.90 Å². The van der Waals surface area contributed by atoms with Gasteiger partial charge in [0.15, 0.2) is 6.67 Å². The Hall–Kier alpha value is -1.83. The number of allylic oxidation sites excluding steroid dienone is 1. The maximum atomic E-state index is 5.61. The zero-order valence-electron chi connectivity index (χ0n) is 15.0. The van der Waals surface area contributed by atoms with Gasteiger partial charge in [-0.25, -0.2) is 4.98 Å². The van der Waals surface area contributed by atoms with E-state index in [9.17, 15) is 0 Å². The molecule has 1 fully saturated rings. The standard InChI is InChI=1S/C19H23N5S2/c1-3-10-23-14(2)21-24(19(23)25)13-22-11-6-7-15(12-22)18-20-16-8-4-5-9-17(16)26-18/h3-5,8-9,15H,1,6-7,10-13H2,2H3/p+1/t15-/m0/s1. The number of hydrogen-bond donors (Lipinski definition) is 1. The van der Waals surface area contributed by atoms with E-state index in [0.29, 0.717) is 12.5 Å².